The van der Waals surface area contributed by atoms with Gasteiger partial charge in [0, 0.05) is 22.8 Å². The van der Waals surface area contributed by atoms with Crippen LogP contribution in [0.1, 0.15) is 68.2 Å². The Labute approximate surface area is 163 Å². The summed E-state index contributed by atoms with van der Waals surface area (Å²) in [6.45, 7) is 6.52. The molecular weight excluding hydrogens is 328 g/mol. The molecule has 140 valence electrons. The molecule has 0 atom stereocenters. The largest absolute Gasteiger partial charge is 0.493 e. The van der Waals surface area contributed by atoms with Crippen molar-refractivity contribution in [1.29, 1.82) is 0 Å². The lowest BCUT2D eigenvalue weighted by Gasteiger charge is -2.11. The number of benzene rings is 2. The fourth-order valence-corrected chi connectivity index (χ4v) is 3.68. The van der Waals surface area contributed by atoms with E-state index in [4.69, 9.17) is 0 Å². The Bertz CT molecular complexity index is 887. The Hall–Kier alpha value is -2.48. The Morgan fingerprint density at radius 3 is 2.30 bits per heavy atom. The van der Waals surface area contributed by atoms with Crippen LogP contribution in [0.25, 0.3) is 16.9 Å². The van der Waals surface area contributed by atoms with Gasteiger partial charge in [0.15, 0.2) is 0 Å². The van der Waals surface area contributed by atoms with Crippen LogP contribution in [0.3, 0.4) is 0 Å². The van der Waals surface area contributed by atoms with Crippen LogP contribution in [0.2, 0.25) is 0 Å². The second kappa shape index (κ2) is 8.94. The van der Waals surface area contributed by atoms with Gasteiger partial charge in [0.05, 0.1) is 0 Å². The highest BCUT2D eigenvalue weighted by atomic mass is 15.2. The first kappa shape index (κ1) is 19.3. The maximum Gasteiger partial charge on any atom is 0.210 e. The molecule has 0 N–H and O–H groups in total. The lowest BCUT2D eigenvalue weighted by atomic mass is 10.00. The molecule has 0 aromatic heterocycles. The van der Waals surface area contributed by atoms with Crippen LogP contribution in [-0.4, -0.2) is 4.70 Å². The van der Waals surface area contributed by atoms with E-state index in [9.17, 15) is 5.53 Å². The summed E-state index contributed by atoms with van der Waals surface area (Å²) in [7, 11) is 0. The highest BCUT2D eigenvalue weighted by Gasteiger charge is 2.28. The highest BCUT2D eigenvalue weighted by molar-refractivity contribution is 5.78. The van der Waals surface area contributed by atoms with Crippen molar-refractivity contribution in [3.63, 3.8) is 0 Å². The number of allylic oxidation sites excluding steroid dienone is 2. The fraction of sp³-hybridized carbons (Fsp3) is 0.360. The summed E-state index contributed by atoms with van der Waals surface area (Å²) in [6.07, 6.45) is 8.90. The topological polar surface area (TPSA) is 25.3 Å². The van der Waals surface area contributed by atoms with E-state index in [-0.39, 0.29) is 0 Å². The summed E-state index contributed by atoms with van der Waals surface area (Å²) in [4.78, 5) is 0. The molecule has 0 radical (unpaired) electrons. The zero-order valence-corrected chi connectivity index (χ0v) is 16.8. The van der Waals surface area contributed by atoms with E-state index in [1.165, 1.54) is 34.2 Å². The van der Waals surface area contributed by atoms with Crippen LogP contribution >= 0.6 is 0 Å². The van der Waals surface area contributed by atoms with Crippen molar-refractivity contribution in [1.82, 2.24) is 0 Å². The quantitative estimate of drug-likeness (QED) is 0.441. The molecule has 0 saturated heterocycles. The number of aryl methyl sites for hydroxylation is 2. The van der Waals surface area contributed by atoms with Gasteiger partial charge in [-0.3, -0.25) is 0 Å². The predicted octanol–water partition coefficient (Wildman–Crippen LogP) is 7.33. The molecule has 0 amide bonds. The highest BCUT2D eigenvalue weighted by Crippen LogP contribution is 2.37. The molecule has 1 heterocycles. The monoisotopic (exact) mass is 358 g/mol. The van der Waals surface area contributed by atoms with Gasteiger partial charge in [-0.2, -0.15) is 0 Å². The number of unbranched alkanes of at least 4 members (excludes halogenated alkanes) is 2. The standard InChI is InChI=1S/C25H30N2/c1-4-6-11-20-12-9-15-22(17-20)25-23(13-7-5-2)18-24(27(25)26)21-14-8-10-19(3)16-21/h8-10,12,14-18H,4-7,11,13H2,1-3H3. The van der Waals surface area contributed by atoms with Gasteiger partial charge >= 0.3 is 0 Å². The van der Waals surface area contributed by atoms with E-state index in [1.807, 2.05) is 0 Å². The second-order valence-electron chi connectivity index (χ2n) is 7.49. The van der Waals surface area contributed by atoms with Gasteiger partial charge in [0.1, 0.15) is 0 Å². The van der Waals surface area contributed by atoms with Gasteiger partial charge in [0.2, 0.25) is 11.4 Å². The SMILES string of the molecule is CCCCC1=C(c2cccc(CCCC)c2)[N+](=[N-])C(c2cccc(C)c2)=C1. The average molecular weight is 359 g/mol. The summed E-state index contributed by atoms with van der Waals surface area (Å²) >= 11 is 0. The molecule has 0 aliphatic carbocycles. The first-order valence-corrected chi connectivity index (χ1v) is 10.2. The molecular formula is C25H30N2. The van der Waals surface area contributed by atoms with Crippen molar-refractivity contribution in [3.8, 4) is 0 Å². The minimum atomic E-state index is 0.874. The van der Waals surface area contributed by atoms with Crippen molar-refractivity contribution in [2.24, 2.45) is 0 Å². The van der Waals surface area contributed by atoms with Gasteiger partial charge in [-0.1, -0.05) is 56.5 Å². The predicted molar refractivity (Wildman–Crippen MR) is 114 cm³/mol. The maximum absolute atomic E-state index is 11.1. The smallest absolute Gasteiger partial charge is 0.210 e. The van der Waals surface area contributed by atoms with E-state index in [0.29, 0.717) is 0 Å². The van der Waals surface area contributed by atoms with Crippen molar-refractivity contribution in [2.75, 3.05) is 0 Å². The van der Waals surface area contributed by atoms with E-state index < -0.39 is 0 Å². The molecule has 3 rings (SSSR count). The number of rotatable bonds is 8. The van der Waals surface area contributed by atoms with E-state index in [0.717, 1.165) is 48.2 Å². The zero-order chi connectivity index (χ0) is 19.2. The summed E-state index contributed by atoms with van der Waals surface area (Å²) in [5.41, 5.74) is 18.8. The van der Waals surface area contributed by atoms with Gasteiger partial charge in [-0.25, -0.2) is 4.70 Å². The molecule has 1 aliphatic heterocycles. The molecule has 2 aromatic rings. The summed E-state index contributed by atoms with van der Waals surface area (Å²) in [5.74, 6) is 0. The molecule has 27 heavy (non-hydrogen) atoms. The molecule has 0 spiro atoms. The Morgan fingerprint density at radius 2 is 1.56 bits per heavy atom. The first-order valence-electron chi connectivity index (χ1n) is 10.2. The second-order valence-corrected chi connectivity index (χ2v) is 7.49. The van der Waals surface area contributed by atoms with Crippen molar-refractivity contribution >= 4 is 11.4 Å². The van der Waals surface area contributed by atoms with Crippen LogP contribution in [0.5, 0.6) is 0 Å². The minimum absolute atomic E-state index is 0.874. The van der Waals surface area contributed by atoms with Gasteiger partial charge in [-0.15, -0.1) is 0 Å². The van der Waals surface area contributed by atoms with Gasteiger partial charge < -0.3 is 5.53 Å². The number of hydrogen-bond acceptors (Lipinski definition) is 0. The average Bonchev–Trinajstić information content (AvgIpc) is 3.01. The molecule has 1 aliphatic rings. The third-order valence-corrected chi connectivity index (χ3v) is 5.19. The fourth-order valence-electron chi connectivity index (χ4n) is 3.68. The summed E-state index contributed by atoms with van der Waals surface area (Å²) in [5, 5.41) is 0. The lowest BCUT2D eigenvalue weighted by molar-refractivity contribution is -0.344. The molecule has 0 saturated carbocycles. The normalized spacial score (nSPS) is 14.0. The summed E-state index contributed by atoms with van der Waals surface area (Å²) < 4.78 is 1.40. The van der Waals surface area contributed by atoms with E-state index >= 15 is 0 Å². The van der Waals surface area contributed by atoms with Crippen molar-refractivity contribution in [2.45, 2.75) is 59.3 Å². The lowest BCUT2D eigenvalue weighted by Crippen LogP contribution is -2.03. The first-order chi connectivity index (χ1) is 13.1. The third kappa shape index (κ3) is 4.44. The van der Waals surface area contributed by atoms with Gasteiger partial charge in [-0.05, 0) is 62.4 Å². The summed E-state index contributed by atoms with van der Waals surface area (Å²) in [6, 6.07) is 17.0. The van der Waals surface area contributed by atoms with Crippen LogP contribution in [0.4, 0.5) is 0 Å². The molecule has 2 nitrogen and oxygen atoms in total. The van der Waals surface area contributed by atoms with E-state index in [1.54, 1.807) is 0 Å². The molecule has 2 heteroatoms. The number of hydrogen-bond donors (Lipinski definition) is 0. The molecule has 0 fully saturated rings. The molecule has 0 bridgehead atoms. The van der Waals surface area contributed by atoms with Crippen LogP contribution in [-0.2, 0) is 6.42 Å². The Kier molecular flexibility index (Phi) is 6.39. The molecule has 2 aromatic carbocycles. The third-order valence-electron chi connectivity index (χ3n) is 5.19. The molecule has 0 unspecified atom stereocenters. The Morgan fingerprint density at radius 1 is 0.852 bits per heavy atom. The number of nitrogens with zero attached hydrogens (tertiary/aromatic N) is 2. The van der Waals surface area contributed by atoms with Crippen molar-refractivity contribution < 1.29 is 4.70 Å². The van der Waals surface area contributed by atoms with Gasteiger partial charge in [0.25, 0.3) is 0 Å². The zero-order valence-electron chi connectivity index (χ0n) is 16.8. The van der Waals surface area contributed by atoms with E-state index in [2.05, 4.69) is 75.4 Å². The van der Waals surface area contributed by atoms with Crippen LogP contribution < -0.4 is 0 Å². The Balaban J connectivity index is 1.98. The van der Waals surface area contributed by atoms with Crippen LogP contribution in [0.15, 0.2) is 60.2 Å². The van der Waals surface area contributed by atoms with Crippen molar-refractivity contribution in [3.05, 3.63) is 88.0 Å². The maximum atomic E-state index is 11.1. The van der Waals surface area contributed by atoms with Crippen LogP contribution in [0, 0.1) is 6.92 Å². The minimum Gasteiger partial charge on any atom is -0.493 e.